The van der Waals surface area contributed by atoms with Crippen molar-refractivity contribution in [2.75, 3.05) is 39.8 Å². The second-order valence-electron chi connectivity index (χ2n) is 4.86. The highest BCUT2D eigenvalue weighted by molar-refractivity contribution is 5.92. The van der Waals surface area contributed by atoms with Crippen molar-refractivity contribution < 1.29 is 14.2 Å². The maximum atomic E-state index is 12.1. The van der Waals surface area contributed by atoms with Gasteiger partial charge in [-0.2, -0.15) is 0 Å². The Hall–Kier alpha value is -1.96. The zero-order chi connectivity index (χ0) is 13.4. The summed E-state index contributed by atoms with van der Waals surface area (Å²) in [5, 5.41) is 6.97. The van der Waals surface area contributed by atoms with Crippen LogP contribution in [0.3, 0.4) is 0 Å². The molecule has 0 aromatic carbocycles. The molecule has 1 atom stereocenters. The highest BCUT2D eigenvalue weighted by Crippen LogP contribution is 2.17. The molecule has 0 spiro atoms. The van der Waals surface area contributed by atoms with Crippen molar-refractivity contribution in [3.05, 3.63) is 11.9 Å². The van der Waals surface area contributed by atoms with Crippen molar-refractivity contribution >= 4 is 11.8 Å². The van der Waals surface area contributed by atoms with Gasteiger partial charge >= 0.3 is 0 Å². The Balaban J connectivity index is 1.74. The third kappa shape index (κ3) is 2.07. The molecule has 102 valence electrons. The van der Waals surface area contributed by atoms with Gasteiger partial charge < -0.3 is 9.80 Å². The van der Waals surface area contributed by atoms with E-state index in [1.54, 1.807) is 16.8 Å². The highest BCUT2D eigenvalue weighted by Gasteiger charge is 2.39. The van der Waals surface area contributed by atoms with Gasteiger partial charge in [-0.25, -0.2) is 4.63 Å². The molecular weight excluding hydrogens is 250 g/mol. The summed E-state index contributed by atoms with van der Waals surface area (Å²) in [6, 6.07) is -0.240. The van der Waals surface area contributed by atoms with E-state index in [1.807, 2.05) is 0 Å². The topological polar surface area (TPSA) is 82.8 Å². The lowest BCUT2D eigenvalue weighted by molar-refractivity contribution is -0.142. The minimum Gasteiger partial charge on any atom is -0.343 e. The SMILES string of the molecule is CN1CCN2CCN(C(=O)c3cnon3)CC2C1=O. The van der Waals surface area contributed by atoms with E-state index in [0.717, 1.165) is 13.1 Å². The molecule has 0 saturated carbocycles. The lowest BCUT2D eigenvalue weighted by atomic mass is 10.1. The van der Waals surface area contributed by atoms with Crippen LogP contribution in [0.2, 0.25) is 0 Å². The number of rotatable bonds is 1. The lowest BCUT2D eigenvalue weighted by Crippen LogP contribution is -2.64. The summed E-state index contributed by atoms with van der Waals surface area (Å²) in [5.41, 5.74) is 0.185. The van der Waals surface area contributed by atoms with Crippen molar-refractivity contribution in [2.24, 2.45) is 0 Å². The van der Waals surface area contributed by atoms with E-state index in [4.69, 9.17) is 0 Å². The lowest BCUT2D eigenvalue weighted by Gasteiger charge is -2.45. The molecule has 2 aliphatic heterocycles. The average molecular weight is 265 g/mol. The first-order chi connectivity index (χ1) is 9.16. The summed E-state index contributed by atoms with van der Waals surface area (Å²) in [6.45, 7) is 3.31. The van der Waals surface area contributed by atoms with Crippen molar-refractivity contribution in [1.29, 1.82) is 0 Å². The number of carbonyl (C=O) groups excluding carboxylic acids is 2. The zero-order valence-electron chi connectivity index (χ0n) is 10.7. The van der Waals surface area contributed by atoms with Gasteiger partial charge in [-0.15, -0.1) is 0 Å². The molecule has 1 unspecified atom stereocenters. The molecule has 2 aliphatic rings. The van der Waals surface area contributed by atoms with Gasteiger partial charge in [0.25, 0.3) is 5.91 Å². The van der Waals surface area contributed by atoms with Crippen molar-refractivity contribution in [1.82, 2.24) is 25.0 Å². The third-order valence-electron chi connectivity index (χ3n) is 3.74. The standard InChI is InChI=1S/C11H15N5O3/c1-14-2-3-15-4-5-16(7-9(15)11(14)18)10(17)8-6-12-19-13-8/h6,9H,2-5,7H2,1H3. The number of carbonyl (C=O) groups is 2. The summed E-state index contributed by atoms with van der Waals surface area (Å²) in [6.07, 6.45) is 1.30. The Morgan fingerprint density at radius 2 is 2.16 bits per heavy atom. The summed E-state index contributed by atoms with van der Waals surface area (Å²) in [4.78, 5) is 29.7. The molecule has 1 aromatic rings. The molecule has 8 heteroatoms. The first-order valence-corrected chi connectivity index (χ1v) is 6.22. The molecular formula is C11H15N5O3. The molecule has 1 aromatic heterocycles. The molecule has 0 N–H and O–H groups in total. The maximum Gasteiger partial charge on any atom is 0.277 e. The Bertz CT molecular complexity index is 489. The molecule has 0 bridgehead atoms. The van der Waals surface area contributed by atoms with E-state index in [2.05, 4.69) is 19.8 Å². The molecule has 0 radical (unpaired) electrons. The van der Waals surface area contributed by atoms with Crippen LogP contribution in [0, 0.1) is 0 Å². The fourth-order valence-electron chi connectivity index (χ4n) is 2.57. The van der Waals surface area contributed by atoms with E-state index in [1.165, 1.54) is 6.20 Å². The van der Waals surface area contributed by atoms with Crippen LogP contribution in [0.1, 0.15) is 10.5 Å². The molecule has 19 heavy (non-hydrogen) atoms. The molecule has 3 rings (SSSR count). The number of aromatic nitrogens is 2. The van der Waals surface area contributed by atoms with Gasteiger partial charge in [0.15, 0.2) is 5.69 Å². The van der Waals surface area contributed by atoms with Gasteiger partial charge in [0, 0.05) is 39.8 Å². The Labute approximate surface area is 109 Å². The second-order valence-corrected chi connectivity index (χ2v) is 4.86. The van der Waals surface area contributed by atoms with E-state index < -0.39 is 0 Å². The van der Waals surface area contributed by atoms with Crippen LogP contribution in [0.25, 0.3) is 0 Å². The van der Waals surface area contributed by atoms with Crippen LogP contribution in [0.15, 0.2) is 10.8 Å². The fourth-order valence-corrected chi connectivity index (χ4v) is 2.57. The average Bonchev–Trinajstić information content (AvgIpc) is 2.96. The van der Waals surface area contributed by atoms with E-state index in [9.17, 15) is 9.59 Å². The number of likely N-dealkylation sites (N-methyl/N-ethyl adjacent to an activating group) is 1. The summed E-state index contributed by atoms with van der Waals surface area (Å²) >= 11 is 0. The normalized spacial score (nSPS) is 24.5. The molecule has 2 amide bonds. The molecule has 2 saturated heterocycles. The number of fused-ring (bicyclic) bond motifs is 1. The largest absolute Gasteiger partial charge is 0.343 e. The van der Waals surface area contributed by atoms with E-state index in [-0.39, 0.29) is 23.6 Å². The molecule has 2 fully saturated rings. The number of piperazine rings is 2. The number of hydrogen-bond donors (Lipinski definition) is 0. The molecule has 0 aliphatic carbocycles. The first-order valence-electron chi connectivity index (χ1n) is 6.22. The Morgan fingerprint density at radius 1 is 1.37 bits per heavy atom. The van der Waals surface area contributed by atoms with Crippen LogP contribution in [-0.2, 0) is 4.79 Å². The second kappa shape index (κ2) is 4.61. The van der Waals surface area contributed by atoms with Gasteiger partial charge in [0.05, 0.1) is 0 Å². The molecule has 8 nitrogen and oxygen atoms in total. The first kappa shape index (κ1) is 12.1. The van der Waals surface area contributed by atoms with Crippen molar-refractivity contribution in [3.8, 4) is 0 Å². The predicted molar refractivity (Wildman–Crippen MR) is 63.2 cm³/mol. The highest BCUT2D eigenvalue weighted by atomic mass is 16.6. The van der Waals surface area contributed by atoms with Crippen molar-refractivity contribution in [2.45, 2.75) is 6.04 Å². The van der Waals surface area contributed by atoms with Crippen LogP contribution in [0.4, 0.5) is 0 Å². The number of hydrogen-bond acceptors (Lipinski definition) is 6. The van der Waals surface area contributed by atoms with Gasteiger partial charge in [-0.1, -0.05) is 5.16 Å². The van der Waals surface area contributed by atoms with E-state index >= 15 is 0 Å². The van der Waals surface area contributed by atoms with Crippen LogP contribution < -0.4 is 0 Å². The van der Waals surface area contributed by atoms with E-state index in [0.29, 0.717) is 19.6 Å². The minimum absolute atomic E-state index is 0.0713. The smallest absolute Gasteiger partial charge is 0.277 e. The Kier molecular flexibility index (Phi) is 2.94. The number of nitrogens with zero attached hydrogens (tertiary/aromatic N) is 5. The predicted octanol–water partition coefficient (Wildman–Crippen LogP) is -1.33. The minimum atomic E-state index is -0.240. The zero-order valence-corrected chi connectivity index (χ0v) is 10.7. The van der Waals surface area contributed by atoms with Crippen LogP contribution >= 0.6 is 0 Å². The van der Waals surface area contributed by atoms with Crippen LogP contribution in [0.5, 0.6) is 0 Å². The van der Waals surface area contributed by atoms with Gasteiger partial charge in [-0.3, -0.25) is 14.5 Å². The summed E-state index contributed by atoms with van der Waals surface area (Å²) in [5.74, 6) is -0.163. The monoisotopic (exact) mass is 265 g/mol. The van der Waals surface area contributed by atoms with Gasteiger partial charge in [0.2, 0.25) is 5.91 Å². The number of amides is 2. The maximum absolute atomic E-state index is 12.1. The van der Waals surface area contributed by atoms with Gasteiger partial charge in [0.1, 0.15) is 12.2 Å². The summed E-state index contributed by atoms with van der Waals surface area (Å²) in [7, 11) is 1.79. The molecule has 3 heterocycles. The van der Waals surface area contributed by atoms with Crippen molar-refractivity contribution in [3.63, 3.8) is 0 Å². The quantitative estimate of drug-likeness (QED) is 0.625. The fraction of sp³-hybridized carbons (Fsp3) is 0.636. The van der Waals surface area contributed by atoms with Gasteiger partial charge in [-0.05, 0) is 5.16 Å². The van der Waals surface area contributed by atoms with Crippen LogP contribution in [-0.4, -0.2) is 82.6 Å². The summed E-state index contributed by atoms with van der Waals surface area (Å²) < 4.78 is 4.44. The third-order valence-corrected chi connectivity index (χ3v) is 3.74. The Morgan fingerprint density at radius 3 is 2.89 bits per heavy atom.